The molecule has 1 fully saturated rings. The summed E-state index contributed by atoms with van der Waals surface area (Å²) in [6.45, 7) is 7.18. The van der Waals surface area contributed by atoms with Gasteiger partial charge < -0.3 is 9.80 Å². The van der Waals surface area contributed by atoms with E-state index in [0.717, 1.165) is 29.7 Å². The summed E-state index contributed by atoms with van der Waals surface area (Å²) in [6, 6.07) is 7.40. The molecule has 5 nitrogen and oxygen atoms in total. The number of thiophene rings is 1. The lowest BCUT2D eigenvalue weighted by Gasteiger charge is -2.30. The van der Waals surface area contributed by atoms with Gasteiger partial charge in [-0.05, 0) is 25.6 Å². The maximum atomic E-state index is 13.4. The van der Waals surface area contributed by atoms with Gasteiger partial charge in [0, 0.05) is 29.2 Å². The van der Waals surface area contributed by atoms with E-state index < -0.39 is 9.84 Å². The third-order valence-corrected chi connectivity index (χ3v) is 8.60. The van der Waals surface area contributed by atoms with Crippen molar-refractivity contribution in [1.29, 1.82) is 0 Å². The van der Waals surface area contributed by atoms with Gasteiger partial charge in [0.1, 0.15) is 4.88 Å². The second kappa shape index (κ2) is 8.47. The quantitative estimate of drug-likeness (QED) is 0.676. The van der Waals surface area contributed by atoms with E-state index in [1.54, 1.807) is 4.90 Å². The molecule has 1 unspecified atom stereocenters. The average molecular weight is 429 g/mol. The summed E-state index contributed by atoms with van der Waals surface area (Å²) in [4.78, 5) is 17.8. The van der Waals surface area contributed by atoms with Crippen molar-refractivity contribution in [2.75, 3.05) is 37.7 Å². The van der Waals surface area contributed by atoms with Crippen LogP contribution in [0, 0.1) is 0 Å². The first-order chi connectivity index (χ1) is 12.9. The zero-order valence-corrected chi connectivity index (χ0v) is 18.0. The maximum Gasteiger partial charge on any atom is 0.265 e. The van der Waals surface area contributed by atoms with Crippen molar-refractivity contribution >= 4 is 48.8 Å². The Labute approximate surface area is 169 Å². The van der Waals surface area contributed by atoms with Crippen molar-refractivity contribution in [3.05, 3.63) is 34.2 Å². The van der Waals surface area contributed by atoms with Crippen LogP contribution < -0.4 is 0 Å². The van der Waals surface area contributed by atoms with E-state index >= 15 is 0 Å². The number of likely N-dealkylation sites (N-methyl/N-ethyl adjacent to an activating group) is 1. The third kappa shape index (κ3) is 4.47. The molecule has 2 heterocycles. The highest BCUT2D eigenvalue weighted by atomic mass is 35.5. The number of benzene rings is 1. The minimum atomic E-state index is -3.08. The lowest BCUT2D eigenvalue weighted by molar-refractivity contribution is 0.0679. The minimum Gasteiger partial charge on any atom is -0.333 e. The minimum absolute atomic E-state index is 0.0412. The van der Waals surface area contributed by atoms with E-state index in [0.29, 0.717) is 22.9 Å². The zero-order chi connectivity index (χ0) is 19.6. The topological polar surface area (TPSA) is 57.7 Å². The van der Waals surface area contributed by atoms with Crippen molar-refractivity contribution in [1.82, 2.24) is 9.80 Å². The molecule has 27 heavy (non-hydrogen) atoms. The molecular formula is C19H25ClN2O3S2. The van der Waals surface area contributed by atoms with Crippen LogP contribution in [0.5, 0.6) is 0 Å². The number of sulfone groups is 1. The van der Waals surface area contributed by atoms with E-state index in [4.69, 9.17) is 11.6 Å². The molecule has 1 aliphatic rings. The van der Waals surface area contributed by atoms with E-state index in [-0.39, 0.29) is 23.5 Å². The molecule has 1 aromatic carbocycles. The van der Waals surface area contributed by atoms with Crippen LogP contribution in [0.1, 0.15) is 29.9 Å². The molecular weight excluding hydrogens is 404 g/mol. The largest absolute Gasteiger partial charge is 0.333 e. The number of carbonyl (C=O) groups is 1. The van der Waals surface area contributed by atoms with Gasteiger partial charge in [0.2, 0.25) is 0 Å². The second-order valence-electron chi connectivity index (χ2n) is 6.82. The Kier molecular flexibility index (Phi) is 6.46. The fraction of sp³-hybridized carbons (Fsp3) is 0.526. The van der Waals surface area contributed by atoms with E-state index in [2.05, 4.69) is 18.7 Å². The van der Waals surface area contributed by atoms with Crippen molar-refractivity contribution in [3.8, 4) is 0 Å². The molecule has 0 aliphatic carbocycles. The van der Waals surface area contributed by atoms with Gasteiger partial charge in [-0.25, -0.2) is 8.42 Å². The number of nitrogens with zero attached hydrogens (tertiary/aromatic N) is 2. The molecule has 0 N–H and O–H groups in total. The molecule has 0 bridgehead atoms. The SMILES string of the molecule is CCN(CC)CCN(C(=O)c1sc2ccccc2c1Cl)C1CCS(=O)(=O)C1. The highest BCUT2D eigenvalue weighted by Crippen LogP contribution is 2.36. The van der Waals surface area contributed by atoms with Crippen LogP contribution in [0.2, 0.25) is 5.02 Å². The van der Waals surface area contributed by atoms with Gasteiger partial charge in [0.25, 0.3) is 5.91 Å². The molecule has 0 spiro atoms. The highest BCUT2D eigenvalue weighted by Gasteiger charge is 2.36. The van der Waals surface area contributed by atoms with Crippen LogP contribution in [-0.2, 0) is 9.84 Å². The highest BCUT2D eigenvalue weighted by molar-refractivity contribution is 7.91. The first kappa shape index (κ1) is 20.6. The molecule has 1 amide bonds. The Balaban J connectivity index is 1.90. The fourth-order valence-electron chi connectivity index (χ4n) is 3.54. The van der Waals surface area contributed by atoms with Crippen LogP contribution in [0.4, 0.5) is 0 Å². The first-order valence-electron chi connectivity index (χ1n) is 9.27. The number of fused-ring (bicyclic) bond motifs is 1. The number of halogens is 1. The predicted octanol–water partition coefficient (Wildman–Crippen LogP) is 3.53. The summed E-state index contributed by atoms with van der Waals surface area (Å²) in [5.41, 5.74) is 0. The Morgan fingerprint density at radius 3 is 2.52 bits per heavy atom. The summed E-state index contributed by atoms with van der Waals surface area (Å²) in [7, 11) is -3.08. The van der Waals surface area contributed by atoms with E-state index in [9.17, 15) is 13.2 Å². The molecule has 8 heteroatoms. The number of carbonyl (C=O) groups excluding carboxylic acids is 1. The van der Waals surface area contributed by atoms with Gasteiger partial charge in [0.05, 0.1) is 16.5 Å². The fourth-order valence-corrected chi connectivity index (χ4v) is 6.74. The standard InChI is InChI=1S/C19H25ClN2O3S2/c1-3-21(4-2)10-11-22(14-9-12-27(24,25)13-14)19(23)18-17(20)15-7-5-6-8-16(15)26-18/h5-8,14H,3-4,9-13H2,1-2H3. The smallest absolute Gasteiger partial charge is 0.265 e. The predicted molar refractivity (Wildman–Crippen MR) is 113 cm³/mol. The number of hydrogen-bond donors (Lipinski definition) is 0. The lowest BCUT2D eigenvalue weighted by Crippen LogP contribution is -2.45. The normalized spacial score (nSPS) is 19.0. The van der Waals surface area contributed by atoms with Gasteiger partial charge in [-0.1, -0.05) is 43.6 Å². The molecule has 1 aliphatic heterocycles. The summed E-state index contributed by atoms with van der Waals surface area (Å²) >= 11 is 7.89. The molecule has 0 saturated carbocycles. The molecule has 148 valence electrons. The van der Waals surface area contributed by atoms with E-state index in [1.165, 1.54) is 11.3 Å². The van der Waals surface area contributed by atoms with Crippen LogP contribution in [0.15, 0.2) is 24.3 Å². The second-order valence-corrected chi connectivity index (χ2v) is 10.5. The summed E-state index contributed by atoms with van der Waals surface area (Å²) < 4.78 is 24.9. The molecule has 3 rings (SSSR count). The third-order valence-electron chi connectivity index (χ3n) is 5.19. The van der Waals surface area contributed by atoms with Crippen molar-refractivity contribution in [2.24, 2.45) is 0 Å². The molecule has 1 atom stereocenters. The number of amides is 1. The maximum absolute atomic E-state index is 13.4. The summed E-state index contributed by atoms with van der Waals surface area (Å²) in [6.07, 6.45) is 0.495. The average Bonchev–Trinajstić information content (AvgIpc) is 3.18. The van der Waals surface area contributed by atoms with Crippen molar-refractivity contribution < 1.29 is 13.2 Å². The van der Waals surface area contributed by atoms with Crippen LogP contribution in [0.25, 0.3) is 10.1 Å². The summed E-state index contributed by atoms with van der Waals surface area (Å²) in [5.74, 6) is 0.0299. The Morgan fingerprint density at radius 2 is 1.93 bits per heavy atom. The van der Waals surface area contributed by atoms with Gasteiger partial charge >= 0.3 is 0 Å². The summed E-state index contributed by atoms with van der Waals surface area (Å²) in [5, 5.41) is 1.34. The van der Waals surface area contributed by atoms with Crippen LogP contribution in [-0.4, -0.2) is 67.9 Å². The zero-order valence-electron chi connectivity index (χ0n) is 15.7. The Morgan fingerprint density at radius 1 is 1.22 bits per heavy atom. The lowest BCUT2D eigenvalue weighted by atomic mass is 10.2. The molecule has 1 aromatic heterocycles. The van der Waals surface area contributed by atoms with Crippen LogP contribution >= 0.6 is 22.9 Å². The molecule has 0 radical (unpaired) electrons. The first-order valence-corrected chi connectivity index (χ1v) is 12.3. The molecule has 1 saturated heterocycles. The Bertz CT molecular complexity index is 922. The van der Waals surface area contributed by atoms with Gasteiger partial charge in [-0.3, -0.25) is 4.79 Å². The van der Waals surface area contributed by atoms with E-state index in [1.807, 2.05) is 24.3 Å². The van der Waals surface area contributed by atoms with Gasteiger partial charge in [-0.2, -0.15) is 0 Å². The Hall–Kier alpha value is -1.15. The van der Waals surface area contributed by atoms with Gasteiger partial charge in [-0.15, -0.1) is 11.3 Å². The van der Waals surface area contributed by atoms with Crippen LogP contribution in [0.3, 0.4) is 0 Å². The van der Waals surface area contributed by atoms with Crippen molar-refractivity contribution in [3.63, 3.8) is 0 Å². The van der Waals surface area contributed by atoms with Gasteiger partial charge in [0.15, 0.2) is 9.84 Å². The van der Waals surface area contributed by atoms with Crippen molar-refractivity contribution in [2.45, 2.75) is 26.3 Å². The number of hydrogen-bond acceptors (Lipinski definition) is 5. The molecule has 2 aromatic rings. The monoisotopic (exact) mass is 428 g/mol. The number of rotatable bonds is 7.